The maximum Gasteiger partial charge on any atom is 0.309 e. The van der Waals surface area contributed by atoms with Crippen LogP contribution in [-0.4, -0.2) is 25.0 Å². The third kappa shape index (κ3) is 4.87. The van der Waals surface area contributed by atoms with Crippen LogP contribution in [0.4, 0.5) is 0 Å². The van der Waals surface area contributed by atoms with Crippen molar-refractivity contribution in [2.75, 3.05) is 13.2 Å². The first kappa shape index (κ1) is 12.8. The van der Waals surface area contributed by atoms with E-state index in [1.165, 1.54) is 12.5 Å². The Labute approximate surface area is 98.6 Å². The molecular formula is C11H14N2O4. The van der Waals surface area contributed by atoms with E-state index >= 15 is 0 Å². The van der Waals surface area contributed by atoms with Gasteiger partial charge in [-0.05, 0) is 12.1 Å². The van der Waals surface area contributed by atoms with Crippen LogP contribution in [0.15, 0.2) is 35.7 Å². The number of furan rings is 1. The number of rotatable bonds is 6. The minimum absolute atomic E-state index is 0.183. The highest BCUT2D eigenvalue weighted by Crippen LogP contribution is 1.97. The maximum absolute atomic E-state index is 11.3. The van der Waals surface area contributed by atoms with Crippen LogP contribution in [0.1, 0.15) is 5.76 Å². The molecule has 0 aliphatic carbocycles. The monoisotopic (exact) mass is 238 g/mol. The number of carbonyl (C=O) groups is 2. The molecule has 1 heterocycles. The summed E-state index contributed by atoms with van der Waals surface area (Å²) in [5, 5.41) is 4.81. The maximum atomic E-state index is 11.3. The van der Waals surface area contributed by atoms with Gasteiger partial charge < -0.3 is 19.8 Å². The van der Waals surface area contributed by atoms with Crippen LogP contribution in [0.5, 0.6) is 0 Å². The van der Waals surface area contributed by atoms with E-state index in [1.807, 2.05) is 0 Å². The summed E-state index contributed by atoms with van der Waals surface area (Å²) in [5.74, 6) is -0.828. The zero-order valence-corrected chi connectivity index (χ0v) is 9.27. The van der Waals surface area contributed by atoms with Crippen molar-refractivity contribution in [3.8, 4) is 0 Å². The van der Waals surface area contributed by atoms with Crippen molar-refractivity contribution in [3.63, 3.8) is 0 Å². The van der Waals surface area contributed by atoms with E-state index in [4.69, 9.17) is 9.15 Å². The van der Waals surface area contributed by atoms with Crippen LogP contribution in [0.3, 0.4) is 0 Å². The van der Waals surface area contributed by atoms with Gasteiger partial charge in [-0.15, -0.1) is 0 Å². The van der Waals surface area contributed by atoms with Crippen LogP contribution in [0.25, 0.3) is 0 Å². The number of ether oxygens (including phenoxy) is 1. The van der Waals surface area contributed by atoms with Crippen molar-refractivity contribution in [1.29, 1.82) is 0 Å². The molecule has 2 N–H and O–H groups in total. The molecular weight excluding hydrogens is 224 g/mol. The van der Waals surface area contributed by atoms with E-state index in [0.717, 1.165) is 0 Å². The van der Waals surface area contributed by atoms with Gasteiger partial charge in [-0.25, -0.2) is 0 Å². The molecule has 0 unspecified atom stereocenters. The number of amides is 2. The molecule has 0 saturated carbocycles. The summed E-state index contributed by atoms with van der Waals surface area (Å²) in [6.45, 7) is 4.06. The third-order valence-corrected chi connectivity index (χ3v) is 1.83. The molecule has 0 aromatic carbocycles. The number of hydrogen-bond donors (Lipinski definition) is 2. The molecule has 6 nitrogen and oxygen atoms in total. The summed E-state index contributed by atoms with van der Waals surface area (Å²) in [6.07, 6.45) is 2.76. The van der Waals surface area contributed by atoms with Crippen molar-refractivity contribution in [2.45, 2.75) is 6.54 Å². The zero-order chi connectivity index (χ0) is 12.5. The summed E-state index contributed by atoms with van der Waals surface area (Å²) in [6, 6.07) is 3.41. The molecule has 0 atom stereocenters. The average molecular weight is 238 g/mol. The van der Waals surface area contributed by atoms with Crippen molar-refractivity contribution >= 4 is 11.8 Å². The van der Waals surface area contributed by atoms with Gasteiger partial charge in [0.05, 0.1) is 25.6 Å². The molecule has 2 amide bonds. The van der Waals surface area contributed by atoms with Crippen LogP contribution >= 0.6 is 0 Å². The Morgan fingerprint density at radius 3 is 2.82 bits per heavy atom. The van der Waals surface area contributed by atoms with Gasteiger partial charge in [0.1, 0.15) is 12.4 Å². The first-order chi connectivity index (χ1) is 8.24. The van der Waals surface area contributed by atoms with Crippen molar-refractivity contribution in [1.82, 2.24) is 10.6 Å². The molecule has 1 rings (SSSR count). The molecule has 0 aliphatic heterocycles. The Kier molecular flexibility index (Phi) is 5.36. The summed E-state index contributed by atoms with van der Waals surface area (Å²) in [5.41, 5.74) is 0. The second-order valence-corrected chi connectivity index (χ2v) is 3.06. The quantitative estimate of drug-likeness (QED) is 0.420. The molecule has 0 radical (unpaired) electrons. The van der Waals surface area contributed by atoms with Gasteiger partial charge in [0, 0.05) is 0 Å². The second kappa shape index (κ2) is 7.10. The highest BCUT2D eigenvalue weighted by Gasteiger charge is 2.12. The SMILES string of the molecule is C=COCCNC(=O)C(=O)NCc1ccco1. The number of carbonyl (C=O) groups excluding carboxylic acids is 2. The van der Waals surface area contributed by atoms with Crippen LogP contribution in [0, 0.1) is 0 Å². The molecule has 0 fully saturated rings. The minimum atomic E-state index is -0.708. The standard InChI is InChI=1S/C11H14N2O4/c1-2-16-7-5-12-10(14)11(15)13-8-9-4-3-6-17-9/h2-4,6H,1,5,7-8H2,(H,12,14)(H,13,15). The van der Waals surface area contributed by atoms with Crippen LogP contribution in [-0.2, 0) is 20.9 Å². The summed E-state index contributed by atoms with van der Waals surface area (Å²) >= 11 is 0. The van der Waals surface area contributed by atoms with Crippen LogP contribution < -0.4 is 10.6 Å². The molecule has 1 aromatic rings. The lowest BCUT2D eigenvalue weighted by Crippen LogP contribution is -2.40. The fourth-order valence-corrected chi connectivity index (χ4v) is 1.05. The highest BCUT2D eigenvalue weighted by molar-refractivity contribution is 6.35. The molecule has 0 bridgehead atoms. The third-order valence-electron chi connectivity index (χ3n) is 1.83. The fourth-order valence-electron chi connectivity index (χ4n) is 1.05. The Hall–Kier alpha value is -2.24. The van der Waals surface area contributed by atoms with E-state index in [0.29, 0.717) is 5.76 Å². The van der Waals surface area contributed by atoms with E-state index in [1.54, 1.807) is 12.1 Å². The molecule has 6 heteroatoms. The highest BCUT2D eigenvalue weighted by atomic mass is 16.5. The van der Waals surface area contributed by atoms with Gasteiger partial charge >= 0.3 is 11.8 Å². The van der Waals surface area contributed by atoms with E-state index in [2.05, 4.69) is 17.2 Å². The van der Waals surface area contributed by atoms with E-state index < -0.39 is 11.8 Å². The largest absolute Gasteiger partial charge is 0.500 e. The Balaban J connectivity index is 2.18. The Morgan fingerprint density at radius 2 is 2.18 bits per heavy atom. The average Bonchev–Trinajstić information content (AvgIpc) is 2.84. The van der Waals surface area contributed by atoms with E-state index in [9.17, 15) is 9.59 Å². The summed E-state index contributed by atoms with van der Waals surface area (Å²) in [7, 11) is 0. The lowest BCUT2D eigenvalue weighted by molar-refractivity contribution is -0.139. The number of nitrogens with one attached hydrogen (secondary N) is 2. The smallest absolute Gasteiger partial charge is 0.309 e. The van der Waals surface area contributed by atoms with Gasteiger partial charge in [0.25, 0.3) is 0 Å². The molecule has 1 aromatic heterocycles. The van der Waals surface area contributed by atoms with E-state index in [-0.39, 0.29) is 19.7 Å². The molecule has 0 saturated heterocycles. The summed E-state index contributed by atoms with van der Waals surface area (Å²) in [4.78, 5) is 22.5. The van der Waals surface area contributed by atoms with Gasteiger partial charge in [0.2, 0.25) is 0 Å². The normalized spacial score (nSPS) is 9.41. The van der Waals surface area contributed by atoms with Gasteiger partial charge in [0.15, 0.2) is 0 Å². The van der Waals surface area contributed by atoms with Gasteiger partial charge in [-0.3, -0.25) is 9.59 Å². The lowest BCUT2D eigenvalue weighted by atomic mass is 10.4. The fraction of sp³-hybridized carbons (Fsp3) is 0.273. The molecule has 92 valence electrons. The minimum Gasteiger partial charge on any atom is -0.500 e. The van der Waals surface area contributed by atoms with Gasteiger partial charge in [-0.2, -0.15) is 0 Å². The number of hydrogen-bond acceptors (Lipinski definition) is 4. The van der Waals surface area contributed by atoms with Crippen molar-refractivity contribution < 1.29 is 18.7 Å². The Bertz CT molecular complexity index is 373. The first-order valence-electron chi connectivity index (χ1n) is 5.05. The molecule has 0 spiro atoms. The van der Waals surface area contributed by atoms with Gasteiger partial charge in [-0.1, -0.05) is 6.58 Å². The Morgan fingerprint density at radius 1 is 1.41 bits per heavy atom. The predicted octanol–water partition coefficient (Wildman–Crippen LogP) is 0.172. The topological polar surface area (TPSA) is 80.6 Å². The van der Waals surface area contributed by atoms with Crippen molar-refractivity contribution in [2.24, 2.45) is 0 Å². The second-order valence-electron chi connectivity index (χ2n) is 3.06. The zero-order valence-electron chi connectivity index (χ0n) is 9.27. The van der Waals surface area contributed by atoms with Crippen LogP contribution in [0.2, 0.25) is 0 Å². The predicted molar refractivity (Wildman–Crippen MR) is 59.7 cm³/mol. The summed E-state index contributed by atoms with van der Waals surface area (Å²) < 4.78 is 9.78. The molecule has 17 heavy (non-hydrogen) atoms. The first-order valence-corrected chi connectivity index (χ1v) is 5.05. The lowest BCUT2D eigenvalue weighted by Gasteiger charge is -2.05. The molecule has 0 aliphatic rings. The van der Waals surface area contributed by atoms with Crippen molar-refractivity contribution in [3.05, 3.63) is 37.0 Å².